The molecule has 1 heterocycles. The molecule has 1 fully saturated rings. The number of carbonyl (C=O) groups excluding carboxylic acids is 1. The van der Waals surface area contributed by atoms with Crippen LogP contribution < -0.4 is 9.62 Å². The second-order valence-electron chi connectivity index (χ2n) is 8.94. The van der Waals surface area contributed by atoms with Crippen molar-refractivity contribution < 1.29 is 26.4 Å². The quantitative estimate of drug-likeness (QED) is 0.451. The van der Waals surface area contributed by atoms with E-state index in [-0.39, 0.29) is 40.7 Å². The fourth-order valence-electron chi connectivity index (χ4n) is 4.31. The molecule has 1 aliphatic rings. The molecule has 1 N–H and O–H groups in total. The van der Waals surface area contributed by atoms with Gasteiger partial charge in [-0.3, -0.25) is 9.10 Å². The number of benzene rings is 3. The molecule has 11 heteroatoms. The van der Waals surface area contributed by atoms with Crippen LogP contribution in [0.15, 0.2) is 76.5 Å². The standard InChI is InChI=1S/C27H31N3O6S2/c1-4-30(24-8-6-5-7-9-24)38(34,35)25-18-22(12-10-20(25)2)27(31)28-23-13-11-21(3)26(19-23)37(32,33)29-14-16-36-17-15-29/h5-13,18-19H,4,14-17H2,1-3H3,(H,28,31). The van der Waals surface area contributed by atoms with E-state index >= 15 is 0 Å². The van der Waals surface area contributed by atoms with Gasteiger partial charge in [-0.05, 0) is 68.3 Å². The summed E-state index contributed by atoms with van der Waals surface area (Å²) in [5.41, 5.74) is 2.01. The van der Waals surface area contributed by atoms with Crippen molar-refractivity contribution in [3.8, 4) is 0 Å². The zero-order valence-corrected chi connectivity index (χ0v) is 23.2. The Balaban J connectivity index is 1.63. The monoisotopic (exact) mass is 557 g/mol. The average molecular weight is 558 g/mol. The van der Waals surface area contributed by atoms with Crippen molar-refractivity contribution in [2.75, 3.05) is 42.5 Å². The summed E-state index contributed by atoms with van der Waals surface area (Å²) in [5.74, 6) is -0.553. The molecule has 0 bridgehead atoms. The predicted molar refractivity (Wildman–Crippen MR) is 147 cm³/mol. The second kappa shape index (κ2) is 11.2. The van der Waals surface area contributed by atoms with Gasteiger partial charge < -0.3 is 10.1 Å². The maximum Gasteiger partial charge on any atom is 0.264 e. The molecule has 1 saturated heterocycles. The van der Waals surface area contributed by atoms with E-state index in [9.17, 15) is 21.6 Å². The SMILES string of the molecule is CCN(c1ccccc1)S(=O)(=O)c1cc(C(=O)Nc2ccc(C)c(S(=O)(=O)N3CCOCC3)c2)ccc1C. The van der Waals surface area contributed by atoms with E-state index in [1.165, 1.54) is 20.7 Å². The molecule has 0 saturated carbocycles. The number of hydrogen-bond acceptors (Lipinski definition) is 6. The van der Waals surface area contributed by atoms with Gasteiger partial charge in [0.1, 0.15) is 0 Å². The van der Waals surface area contributed by atoms with Crippen LogP contribution in [0.2, 0.25) is 0 Å². The highest BCUT2D eigenvalue weighted by Crippen LogP contribution is 2.28. The van der Waals surface area contributed by atoms with Crippen molar-refractivity contribution in [3.63, 3.8) is 0 Å². The van der Waals surface area contributed by atoms with Gasteiger partial charge in [-0.1, -0.05) is 30.3 Å². The molecule has 3 aromatic rings. The van der Waals surface area contributed by atoms with Crippen LogP contribution in [-0.2, 0) is 24.8 Å². The minimum absolute atomic E-state index is 0.0235. The van der Waals surface area contributed by atoms with E-state index in [2.05, 4.69) is 5.32 Å². The number of rotatable bonds is 8. The molecule has 3 aromatic carbocycles. The summed E-state index contributed by atoms with van der Waals surface area (Å²) in [5, 5.41) is 2.72. The van der Waals surface area contributed by atoms with Gasteiger partial charge in [0, 0.05) is 30.9 Å². The van der Waals surface area contributed by atoms with Gasteiger partial charge in [-0.25, -0.2) is 16.8 Å². The maximum absolute atomic E-state index is 13.6. The Morgan fingerprint density at radius 3 is 2.18 bits per heavy atom. The Bertz CT molecular complexity index is 1530. The number of nitrogens with zero attached hydrogens (tertiary/aromatic N) is 2. The molecule has 9 nitrogen and oxygen atoms in total. The number of para-hydroxylation sites is 1. The van der Waals surface area contributed by atoms with Crippen LogP contribution in [0.3, 0.4) is 0 Å². The Morgan fingerprint density at radius 1 is 0.895 bits per heavy atom. The van der Waals surface area contributed by atoms with Crippen LogP contribution in [0.25, 0.3) is 0 Å². The molecule has 1 amide bonds. The number of nitrogens with one attached hydrogen (secondary N) is 1. The van der Waals surface area contributed by atoms with Crippen LogP contribution in [0.5, 0.6) is 0 Å². The first kappa shape index (κ1) is 27.8. The summed E-state index contributed by atoms with van der Waals surface area (Å²) in [4.78, 5) is 13.3. The average Bonchev–Trinajstić information content (AvgIpc) is 2.91. The fourth-order valence-corrected chi connectivity index (χ4v) is 7.69. The Kier molecular flexibility index (Phi) is 8.22. The van der Waals surface area contributed by atoms with Crippen LogP contribution in [-0.4, -0.2) is 59.9 Å². The molecule has 0 spiro atoms. The number of aryl methyl sites for hydroxylation is 2. The molecule has 0 atom stereocenters. The van der Waals surface area contributed by atoms with Crippen molar-refractivity contribution in [2.45, 2.75) is 30.6 Å². The lowest BCUT2D eigenvalue weighted by molar-refractivity contribution is 0.0730. The number of ether oxygens (including phenoxy) is 1. The van der Waals surface area contributed by atoms with Crippen molar-refractivity contribution >= 4 is 37.3 Å². The van der Waals surface area contributed by atoms with Gasteiger partial charge in [-0.15, -0.1) is 0 Å². The van der Waals surface area contributed by atoms with E-state index in [1.54, 1.807) is 69.3 Å². The topological polar surface area (TPSA) is 113 Å². The molecule has 0 aliphatic carbocycles. The van der Waals surface area contributed by atoms with Gasteiger partial charge in [-0.2, -0.15) is 4.31 Å². The molecular weight excluding hydrogens is 526 g/mol. The highest BCUT2D eigenvalue weighted by atomic mass is 32.2. The highest BCUT2D eigenvalue weighted by molar-refractivity contribution is 7.93. The minimum atomic E-state index is -3.95. The second-order valence-corrected chi connectivity index (χ2v) is 12.7. The first-order chi connectivity index (χ1) is 18.1. The Hall–Kier alpha value is -3.25. The number of amides is 1. The van der Waals surface area contributed by atoms with E-state index in [4.69, 9.17) is 4.74 Å². The maximum atomic E-state index is 13.6. The molecule has 0 radical (unpaired) electrons. The Morgan fingerprint density at radius 2 is 1.53 bits per heavy atom. The number of carbonyl (C=O) groups is 1. The minimum Gasteiger partial charge on any atom is -0.379 e. The Labute approximate surface area is 224 Å². The summed E-state index contributed by atoms with van der Waals surface area (Å²) in [6.45, 7) is 6.51. The third-order valence-corrected chi connectivity index (χ3v) is 10.5. The first-order valence-corrected chi connectivity index (χ1v) is 15.1. The molecule has 0 unspecified atom stereocenters. The van der Waals surface area contributed by atoms with Crippen LogP contribution in [0.1, 0.15) is 28.4 Å². The number of sulfonamides is 2. The largest absolute Gasteiger partial charge is 0.379 e. The summed E-state index contributed by atoms with van der Waals surface area (Å²) in [6, 6.07) is 17.9. The fraction of sp³-hybridized carbons (Fsp3) is 0.296. The number of anilines is 2. The first-order valence-electron chi connectivity index (χ1n) is 12.2. The molecule has 38 heavy (non-hydrogen) atoms. The van der Waals surface area contributed by atoms with Gasteiger partial charge in [0.05, 0.1) is 28.7 Å². The van der Waals surface area contributed by atoms with E-state index in [0.29, 0.717) is 30.0 Å². The lowest BCUT2D eigenvalue weighted by atomic mass is 10.1. The van der Waals surface area contributed by atoms with Crippen molar-refractivity contribution in [1.29, 1.82) is 0 Å². The van der Waals surface area contributed by atoms with Gasteiger partial charge in [0.2, 0.25) is 10.0 Å². The number of hydrogen-bond donors (Lipinski definition) is 1. The van der Waals surface area contributed by atoms with Crippen LogP contribution in [0.4, 0.5) is 11.4 Å². The molecule has 4 rings (SSSR count). The van der Waals surface area contributed by atoms with Gasteiger partial charge in [0.15, 0.2) is 0 Å². The molecule has 0 aromatic heterocycles. The zero-order valence-electron chi connectivity index (χ0n) is 21.5. The summed E-state index contributed by atoms with van der Waals surface area (Å²) in [6.07, 6.45) is 0. The van der Waals surface area contributed by atoms with Gasteiger partial charge >= 0.3 is 0 Å². The molecular formula is C27H31N3O6S2. The lowest BCUT2D eigenvalue weighted by Crippen LogP contribution is -2.40. The summed E-state index contributed by atoms with van der Waals surface area (Å²) >= 11 is 0. The smallest absolute Gasteiger partial charge is 0.264 e. The van der Waals surface area contributed by atoms with E-state index in [1.807, 2.05) is 6.07 Å². The van der Waals surface area contributed by atoms with Crippen molar-refractivity contribution in [3.05, 3.63) is 83.4 Å². The van der Waals surface area contributed by atoms with E-state index in [0.717, 1.165) is 0 Å². The van der Waals surface area contributed by atoms with Crippen molar-refractivity contribution in [2.24, 2.45) is 0 Å². The van der Waals surface area contributed by atoms with Crippen molar-refractivity contribution in [1.82, 2.24) is 4.31 Å². The van der Waals surface area contributed by atoms with Crippen LogP contribution >= 0.6 is 0 Å². The summed E-state index contributed by atoms with van der Waals surface area (Å²) < 4.78 is 61.5. The predicted octanol–water partition coefficient (Wildman–Crippen LogP) is 3.79. The van der Waals surface area contributed by atoms with E-state index < -0.39 is 26.0 Å². The molecule has 1 aliphatic heterocycles. The van der Waals surface area contributed by atoms with Crippen LogP contribution in [0, 0.1) is 13.8 Å². The zero-order chi connectivity index (χ0) is 27.5. The normalized spacial score (nSPS) is 14.7. The number of morpholine rings is 1. The molecule has 202 valence electrons. The third-order valence-electron chi connectivity index (χ3n) is 6.38. The highest BCUT2D eigenvalue weighted by Gasteiger charge is 2.29. The summed E-state index contributed by atoms with van der Waals surface area (Å²) in [7, 11) is -7.72. The lowest BCUT2D eigenvalue weighted by Gasteiger charge is -2.27. The third kappa shape index (κ3) is 5.60. The van der Waals surface area contributed by atoms with Gasteiger partial charge in [0.25, 0.3) is 15.9 Å².